The Balaban J connectivity index is 2.07. The van der Waals surface area contributed by atoms with E-state index in [0.717, 1.165) is 44.2 Å². The summed E-state index contributed by atoms with van der Waals surface area (Å²) in [6.45, 7) is 8.78. The van der Waals surface area contributed by atoms with Crippen molar-refractivity contribution in [3.05, 3.63) is 24.3 Å². The Hall–Kier alpha value is -1.26. The summed E-state index contributed by atoms with van der Waals surface area (Å²) in [5, 5.41) is 3.21. The Morgan fingerprint density at radius 3 is 2.53 bits per heavy atom. The van der Waals surface area contributed by atoms with Gasteiger partial charge in [-0.15, -0.1) is 0 Å². The number of benzene rings is 1. The molecule has 0 fully saturated rings. The van der Waals surface area contributed by atoms with Gasteiger partial charge in [0.25, 0.3) is 0 Å². The molecule has 1 aromatic rings. The molecule has 0 aliphatic carbocycles. The summed E-state index contributed by atoms with van der Waals surface area (Å²) in [6, 6.07) is 7.72. The third-order valence-electron chi connectivity index (χ3n) is 2.49. The van der Waals surface area contributed by atoms with Crippen LogP contribution < -0.4 is 14.8 Å². The van der Waals surface area contributed by atoms with Crippen LogP contribution in [0.5, 0.6) is 11.5 Å². The van der Waals surface area contributed by atoms with Crippen molar-refractivity contribution in [1.29, 1.82) is 0 Å². The van der Waals surface area contributed by atoms with Gasteiger partial charge in [-0.25, -0.2) is 0 Å². The first kappa shape index (κ1) is 15.8. The molecule has 0 aliphatic heterocycles. The molecule has 1 rings (SSSR count). The van der Waals surface area contributed by atoms with Crippen LogP contribution in [-0.4, -0.2) is 39.5 Å². The molecule has 0 amide bonds. The molecule has 0 radical (unpaired) electrons. The number of nitrogens with one attached hydrogen (secondary N) is 1. The van der Waals surface area contributed by atoms with Gasteiger partial charge in [0.05, 0.1) is 19.8 Å². The monoisotopic (exact) mass is 267 g/mol. The van der Waals surface area contributed by atoms with Crippen LogP contribution in [0, 0.1) is 0 Å². The quantitative estimate of drug-likeness (QED) is 0.625. The lowest BCUT2D eigenvalue weighted by Crippen LogP contribution is -2.19. The van der Waals surface area contributed by atoms with Crippen LogP contribution in [0.15, 0.2) is 24.3 Å². The van der Waals surface area contributed by atoms with Crippen molar-refractivity contribution in [2.75, 3.05) is 39.5 Å². The zero-order valence-corrected chi connectivity index (χ0v) is 12.0. The molecule has 0 saturated carbocycles. The largest absolute Gasteiger partial charge is 0.494 e. The lowest BCUT2D eigenvalue weighted by Gasteiger charge is -2.09. The minimum atomic E-state index is 0.663. The van der Waals surface area contributed by atoms with Crippen molar-refractivity contribution in [3.63, 3.8) is 0 Å². The molecular weight excluding hydrogens is 242 g/mol. The lowest BCUT2D eigenvalue weighted by molar-refractivity contribution is 0.121. The topological polar surface area (TPSA) is 39.7 Å². The lowest BCUT2D eigenvalue weighted by atomic mass is 10.3. The minimum absolute atomic E-state index is 0.663. The number of rotatable bonds is 11. The zero-order chi connectivity index (χ0) is 13.8. The minimum Gasteiger partial charge on any atom is -0.494 e. The number of likely N-dealkylation sites (N-methyl/N-ethyl adjacent to an activating group) is 1. The summed E-state index contributed by atoms with van der Waals surface area (Å²) in [4.78, 5) is 0. The van der Waals surface area contributed by atoms with Crippen LogP contribution in [0.3, 0.4) is 0 Å². The molecule has 0 spiro atoms. The first-order valence-electron chi connectivity index (χ1n) is 7.01. The van der Waals surface area contributed by atoms with Gasteiger partial charge in [-0.3, -0.25) is 0 Å². The molecule has 1 N–H and O–H groups in total. The Kier molecular flexibility index (Phi) is 8.85. The normalized spacial score (nSPS) is 10.4. The summed E-state index contributed by atoms with van der Waals surface area (Å²) in [5.74, 6) is 1.69. The van der Waals surface area contributed by atoms with E-state index in [-0.39, 0.29) is 0 Å². The van der Waals surface area contributed by atoms with E-state index in [1.54, 1.807) is 0 Å². The van der Waals surface area contributed by atoms with E-state index in [0.29, 0.717) is 13.2 Å². The fourth-order valence-electron chi connectivity index (χ4n) is 1.59. The molecule has 0 saturated heterocycles. The average Bonchev–Trinajstić information content (AvgIpc) is 2.43. The molecular formula is C15H25NO3. The van der Waals surface area contributed by atoms with E-state index in [9.17, 15) is 0 Å². The predicted molar refractivity (Wildman–Crippen MR) is 77.1 cm³/mol. The molecule has 0 unspecified atom stereocenters. The summed E-state index contributed by atoms with van der Waals surface area (Å²) >= 11 is 0. The van der Waals surface area contributed by atoms with Gasteiger partial charge in [0, 0.05) is 25.6 Å². The smallest absolute Gasteiger partial charge is 0.122 e. The van der Waals surface area contributed by atoms with E-state index in [1.165, 1.54) is 0 Å². The summed E-state index contributed by atoms with van der Waals surface area (Å²) in [5.41, 5.74) is 0. The van der Waals surface area contributed by atoms with Gasteiger partial charge in [0.15, 0.2) is 0 Å². The molecule has 0 aromatic heterocycles. The summed E-state index contributed by atoms with van der Waals surface area (Å²) in [7, 11) is 0. The average molecular weight is 267 g/mol. The third-order valence-corrected chi connectivity index (χ3v) is 2.49. The fourth-order valence-corrected chi connectivity index (χ4v) is 1.59. The molecule has 4 nitrogen and oxygen atoms in total. The van der Waals surface area contributed by atoms with E-state index in [2.05, 4.69) is 12.2 Å². The maximum absolute atomic E-state index is 5.65. The van der Waals surface area contributed by atoms with Crippen LogP contribution >= 0.6 is 0 Å². The second-order valence-corrected chi connectivity index (χ2v) is 4.08. The Bertz CT molecular complexity index is 331. The third kappa shape index (κ3) is 7.70. The Morgan fingerprint density at radius 1 is 1.00 bits per heavy atom. The summed E-state index contributed by atoms with van der Waals surface area (Å²) < 4.78 is 16.5. The highest BCUT2D eigenvalue weighted by Gasteiger charge is 1.97. The van der Waals surface area contributed by atoms with Gasteiger partial charge in [0.2, 0.25) is 0 Å². The van der Waals surface area contributed by atoms with Crippen LogP contribution in [0.25, 0.3) is 0 Å². The predicted octanol–water partition coefficient (Wildman–Crippen LogP) is 2.48. The standard InChI is InChI=1S/C15H25NO3/c1-3-16-9-12-17-10-6-11-19-15-8-5-7-14(13-15)18-4-2/h5,7-8,13,16H,3-4,6,9-12H2,1-2H3. The molecule has 19 heavy (non-hydrogen) atoms. The van der Waals surface area contributed by atoms with Crippen LogP contribution in [0.4, 0.5) is 0 Å². The van der Waals surface area contributed by atoms with Crippen LogP contribution in [0.2, 0.25) is 0 Å². The van der Waals surface area contributed by atoms with Crippen molar-refractivity contribution < 1.29 is 14.2 Å². The van der Waals surface area contributed by atoms with Gasteiger partial charge < -0.3 is 19.5 Å². The van der Waals surface area contributed by atoms with E-state index >= 15 is 0 Å². The van der Waals surface area contributed by atoms with Gasteiger partial charge in [0.1, 0.15) is 11.5 Å². The highest BCUT2D eigenvalue weighted by atomic mass is 16.5. The first-order valence-corrected chi connectivity index (χ1v) is 7.01. The highest BCUT2D eigenvalue weighted by molar-refractivity contribution is 5.32. The second-order valence-electron chi connectivity index (χ2n) is 4.08. The number of hydrogen-bond donors (Lipinski definition) is 1. The Morgan fingerprint density at radius 2 is 1.79 bits per heavy atom. The number of hydrogen-bond acceptors (Lipinski definition) is 4. The van der Waals surface area contributed by atoms with Gasteiger partial charge in [-0.05, 0) is 25.6 Å². The van der Waals surface area contributed by atoms with Crippen molar-refractivity contribution in [3.8, 4) is 11.5 Å². The maximum Gasteiger partial charge on any atom is 0.122 e. The summed E-state index contributed by atoms with van der Waals surface area (Å²) in [6.07, 6.45) is 0.894. The van der Waals surface area contributed by atoms with Gasteiger partial charge >= 0.3 is 0 Å². The van der Waals surface area contributed by atoms with E-state index in [4.69, 9.17) is 14.2 Å². The molecule has 0 heterocycles. The first-order chi connectivity index (χ1) is 9.36. The van der Waals surface area contributed by atoms with Crippen molar-refractivity contribution in [2.24, 2.45) is 0 Å². The van der Waals surface area contributed by atoms with Crippen molar-refractivity contribution in [1.82, 2.24) is 5.32 Å². The van der Waals surface area contributed by atoms with Crippen LogP contribution in [0.1, 0.15) is 20.3 Å². The SMILES string of the molecule is CCNCCOCCCOc1cccc(OCC)c1. The van der Waals surface area contributed by atoms with E-state index in [1.807, 2.05) is 31.2 Å². The van der Waals surface area contributed by atoms with Gasteiger partial charge in [-0.2, -0.15) is 0 Å². The maximum atomic E-state index is 5.65. The molecule has 0 atom stereocenters. The van der Waals surface area contributed by atoms with Crippen molar-refractivity contribution >= 4 is 0 Å². The highest BCUT2D eigenvalue weighted by Crippen LogP contribution is 2.19. The number of ether oxygens (including phenoxy) is 3. The molecule has 0 aliphatic rings. The Labute approximate surface area is 116 Å². The van der Waals surface area contributed by atoms with Crippen molar-refractivity contribution in [2.45, 2.75) is 20.3 Å². The zero-order valence-electron chi connectivity index (χ0n) is 12.0. The van der Waals surface area contributed by atoms with Crippen LogP contribution in [-0.2, 0) is 4.74 Å². The molecule has 0 bridgehead atoms. The second kappa shape index (κ2) is 10.6. The molecule has 108 valence electrons. The van der Waals surface area contributed by atoms with Gasteiger partial charge in [-0.1, -0.05) is 13.0 Å². The van der Waals surface area contributed by atoms with E-state index < -0.39 is 0 Å². The molecule has 4 heteroatoms. The molecule has 1 aromatic carbocycles. The fraction of sp³-hybridized carbons (Fsp3) is 0.600.